The quantitative estimate of drug-likeness (QED) is 0.788. The largest absolute Gasteiger partial charge is 0.480 e. The molecule has 0 aromatic carbocycles. The minimum atomic E-state index is -1.07. The van der Waals surface area contributed by atoms with Crippen molar-refractivity contribution in [3.8, 4) is 0 Å². The summed E-state index contributed by atoms with van der Waals surface area (Å²) in [6, 6.07) is 1.47. The lowest BCUT2D eigenvalue weighted by Gasteiger charge is -2.13. The summed E-state index contributed by atoms with van der Waals surface area (Å²) in [5.41, 5.74) is -0.440. The molecule has 0 bridgehead atoms. The molecule has 18 heavy (non-hydrogen) atoms. The van der Waals surface area contributed by atoms with Crippen LogP contribution in [0.3, 0.4) is 0 Å². The van der Waals surface area contributed by atoms with Crippen molar-refractivity contribution in [2.45, 2.75) is 32.2 Å². The molecule has 6 nitrogen and oxygen atoms in total. The molecule has 1 rings (SSSR count). The Morgan fingerprint density at radius 2 is 2.17 bits per heavy atom. The first kappa shape index (κ1) is 14.0. The van der Waals surface area contributed by atoms with Crippen LogP contribution in [-0.4, -0.2) is 23.0 Å². The van der Waals surface area contributed by atoms with Crippen LogP contribution in [0.5, 0.6) is 0 Å². The first-order valence-electron chi connectivity index (χ1n) is 5.67. The molecular formula is C12H15NO5. The monoisotopic (exact) mass is 253 g/mol. The van der Waals surface area contributed by atoms with E-state index in [1.165, 1.54) is 6.07 Å². The highest BCUT2D eigenvalue weighted by Crippen LogP contribution is 2.03. The average molecular weight is 253 g/mol. The van der Waals surface area contributed by atoms with Gasteiger partial charge in [0, 0.05) is 6.07 Å². The van der Waals surface area contributed by atoms with Crippen molar-refractivity contribution >= 4 is 11.9 Å². The topological polar surface area (TPSA) is 96.6 Å². The van der Waals surface area contributed by atoms with E-state index in [1.807, 2.05) is 6.92 Å². The number of hydrogen-bond acceptors (Lipinski definition) is 4. The van der Waals surface area contributed by atoms with E-state index in [4.69, 9.17) is 5.11 Å². The highest BCUT2D eigenvalue weighted by atomic mass is 16.4. The lowest BCUT2D eigenvalue weighted by atomic mass is 10.1. The summed E-state index contributed by atoms with van der Waals surface area (Å²) >= 11 is 0. The van der Waals surface area contributed by atoms with Crippen molar-refractivity contribution in [1.82, 2.24) is 5.32 Å². The number of unbranched alkanes of at least 4 members (excludes halogenated alkanes) is 1. The van der Waals surface area contributed by atoms with Crippen molar-refractivity contribution in [3.05, 3.63) is 34.4 Å². The summed E-state index contributed by atoms with van der Waals surface area (Å²) in [7, 11) is 0. The van der Waals surface area contributed by atoms with Gasteiger partial charge >= 0.3 is 11.6 Å². The van der Waals surface area contributed by atoms with Crippen LogP contribution in [0, 0.1) is 0 Å². The Balaban J connectivity index is 2.68. The molecular weight excluding hydrogens is 238 g/mol. The molecule has 0 aliphatic rings. The fourth-order valence-corrected chi connectivity index (χ4v) is 1.39. The first-order chi connectivity index (χ1) is 8.54. The fourth-order valence-electron chi connectivity index (χ4n) is 1.39. The molecule has 0 saturated heterocycles. The summed E-state index contributed by atoms with van der Waals surface area (Å²) in [5, 5.41) is 11.3. The van der Waals surface area contributed by atoms with Crippen molar-refractivity contribution in [1.29, 1.82) is 0 Å². The Bertz CT molecular complexity index is 459. The van der Waals surface area contributed by atoms with Gasteiger partial charge in [0.2, 0.25) is 0 Å². The zero-order chi connectivity index (χ0) is 13.5. The van der Waals surface area contributed by atoms with Crippen molar-refractivity contribution in [2.75, 3.05) is 0 Å². The molecule has 2 N–H and O–H groups in total. The van der Waals surface area contributed by atoms with Gasteiger partial charge in [-0.1, -0.05) is 19.8 Å². The van der Waals surface area contributed by atoms with Gasteiger partial charge in [-0.2, -0.15) is 0 Å². The Kier molecular flexibility index (Phi) is 5.10. The lowest BCUT2D eigenvalue weighted by molar-refractivity contribution is -0.139. The second kappa shape index (κ2) is 6.58. The molecule has 0 fully saturated rings. The summed E-state index contributed by atoms with van der Waals surface area (Å²) < 4.78 is 4.54. The van der Waals surface area contributed by atoms with Gasteiger partial charge in [-0.15, -0.1) is 0 Å². The van der Waals surface area contributed by atoms with Crippen LogP contribution in [0.4, 0.5) is 0 Å². The normalized spacial score (nSPS) is 11.8. The maximum atomic E-state index is 11.7. The van der Waals surface area contributed by atoms with Crippen LogP contribution >= 0.6 is 0 Å². The number of amides is 1. The van der Waals surface area contributed by atoms with E-state index in [9.17, 15) is 14.4 Å². The maximum Gasteiger partial charge on any atom is 0.335 e. The molecule has 0 aliphatic heterocycles. The second-order valence-electron chi connectivity index (χ2n) is 3.85. The predicted molar refractivity (Wildman–Crippen MR) is 63.4 cm³/mol. The SMILES string of the molecule is CCCCC(NC(=O)c1ccc(=O)oc1)C(=O)O. The predicted octanol–water partition coefficient (Wildman–Crippen LogP) is 1.01. The number of hydrogen-bond donors (Lipinski definition) is 2. The van der Waals surface area contributed by atoms with Crippen LogP contribution in [0.1, 0.15) is 36.5 Å². The molecule has 1 heterocycles. The van der Waals surface area contributed by atoms with Crippen molar-refractivity contribution < 1.29 is 19.1 Å². The summed E-state index contributed by atoms with van der Waals surface area (Å²) in [5.74, 6) is -1.64. The fraction of sp³-hybridized carbons (Fsp3) is 0.417. The Hall–Kier alpha value is -2.11. The third kappa shape index (κ3) is 4.04. The minimum absolute atomic E-state index is 0.123. The molecule has 98 valence electrons. The molecule has 0 radical (unpaired) electrons. The van der Waals surface area contributed by atoms with Crippen LogP contribution in [0.25, 0.3) is 0 Å². The third-order valence-electron chi connectivity index (χ3n) is 2.41. The van der Waals surface area contributed by atoms with Gasteiger partial charge in [-0.3, -0.25) is 4.79 Å². The summed E-state index contributed by atoms with van der Waals surface area (Å²) in [4.78, 5) is 33.4. The first-order valence-corrected chi connectivity index (χ1v) is 5.67. The minimum Gasteiger partial charge on any atom is -0.480 e. The molecule has 1 aromatic rings. The maximum absolute atomic E-state index is 11.7. The van der Waals surface area contributed by atoms with Crippen molar-refractivity contribution in [2.24, 2.45) is 0 Å². The van der Waals surface area contributed by atoms with Crippen molar-refractivity contribution in [3.63, 3.8) is 0 Å². The number of rotatable bonds is 6. The zero-order valence-electron chi connectivity index (χ0n) is 10.0. The molecule has 1 atom stereocenters. The van der Waals surface area contributed by atoms with E-state index in [0.29, 0.717) is 12.8 Å². The molecule has 0 aliphatic carbocycles. The lowest BCUT2D eigenvalue weighted by Crippen LogP contribution is -2.40. The molecule has 6 heteroatoms. The van der Waals surface area contributed by atoms with E-state index in [2.05, 4.69) is 9.73 Å². The van der Waals surface area contributed by atoms with Gasteiger partial charge in [0.05, 0.1) is 5.56 Å². The number of aliphatic carboxylic acids is 1. The Labute approximate surface area is 104 Å². The molecule has 1 amide bonds. The van der Waals surface area contributed by atoms with Crippen LogP contribution < -0.4 is 10.9 Å². The Morgan fingerprint density at radius 3 is 2.67 bits per heavy atom. The van der Waals surface area contributed by atoms with E-state index < -0.39 is 23.5 Å². The highest BCUT2D eigenvalue weighted by molar-refractivity contribution is 5.96. The average Bonchev–Trinajstić information content (AvgIpc) is 2.34. The molecule has 0 spiro atoms. The van der Waals surface area contributed by atoms with E-state index in [1.54, 1.807) is 0 Å². The van der Waals surface area contributed by atoms with E-state index in [-0.39, 0.29) is 5.56 Å². The van der Waals surface area contributed by atoms with Gasteiger partial charge in [0.25, 0.3) is 5.91 Å². The zero-order valence-corrected chi connectivity index (χ0v) is 10.0. The van der Waals surface area contributed by atoms with E-state index >= 15 is 0 Å². The smallest absolute Gasteiger partial charge is 0.335 e. The van der Waals surface area contributed by atoms with Gasteiger partial charge in [0.15, 0.2) is 0 Å². The number of nitrogens with one attached hydrogen (secondary N) is 1. The highest BCUT2D eigenvalue weighted by Gasteiger charge is 2.20. The van der Waals surface area contributed by atoms with Crippen LogP contribution in [0.2, 0.25) is 0 Å². The number of carbonyl (C=O) groups excluding carboxylic acids is 1. The van der Waals surface area contributed by atoms with Gasteiger partial charge in [-0.25, -0.2) is 9.59 Å². The Morgan fingerprint density at radius 1 is 1.44 bits per heavy atom. The van der Waals surface area contributed by atoms with Crippen LogP contribution in [-0.2, 0) is 4.79 Å². The molecule has 1 aromatic heterocycles. The number of carboxylic acids is 1. The molecule has 0 saturated carbocycles. The summed E-state index contributed by atoms with van der Waals surface area (Å²) in [6.45, 7) is 1.94. The van der Waals surface area contributed by atoms with Gasteiger partial charge in [-0.05, 0) is 12.5 Å². The van der Waals surface area contributed by atoms with Crippen LogP contribution in [0.15, 0.2) is 27.6 Å². The third-order valence-corrected chi connectivity index (χ3v) is 2.41. The van der Waals surface area contributed by atoms with E-state index in [0.717, 1.165) is 18.8 Å². The second-order valence-corrected chi connectivity index (χ2v) is 3.85. The standard InChI is InChI=1S/C12H15NO5/c1-2-3-4-9(12(16)17)13-11(15)8-5-6-10(14)18-7-8/h5-7,9H,2-4H2,1H3,(H,13,15)(H,16,17). The number of carboxylic acid groups (broad SMARTS) is 1. The number of carbonyl (C=O) groups is 2. The molecule has 1 unspecified atom stereocenters. The summed E-state index contributed by atoms with van der Waals surface area (Å²) in [6.07, 6.45) is 2.94. The van der Waals surface area contributed by atoms with Gasteiger partial charge in [0.1, 0.15) is 12.3 Å². The van der Waals surface area contributed by atoms with Gasteiger partial charge < -0.3 is 14.8 Å².